The molecule has 0 aliphatic heterocycles. The van der Waals surface area contributed by atoms with Crippen molar-refractivity contribution in [2.45, 2.75) is 30.0 Å². The van der Waals surface area contributed by atoms with Gasteiger partial charge in [-0.3, -0.25) is 4.79 Å². The van der Waals surface area contributed by atoms with Crippen LogP contribution in [0.3, 0.4) is 0 Å². The van der Waals surface area contributed by atoms with Gasteiger partial charge in [-0.25, -0.2) is 12.8 Å². The van der Waals surface area contributed by atoms with E-state index in [1.54, 1.807) is 6.26 Å². The number of benzene rings is 2. The highest BCUT2D eigenvalue weighted by atomic mass is 32.2. The number of carbonyl (C=O) groups is 1. The number of rotatable bonds is 10. The molecule has 0 spiro atoms. The number of amides is 1. The summed E-state index contributed by atoms with van der Waals surface area (Å²) in [6.07, 6.45) is -2.71. The predicted octanol–water partition coefficient (Wildman–Crippen LogP) is 3.60. The third-order valence-electron chi connectivity index (χ3n) is 4.37. The summed E-state index contributed by atoms with van der Waals surface area (Å²) in [5, 5.41) is 2.47. The Morgan fingerprint density at radius 1 is 1.10 bits per heavy atom. The van der Waals surface area contributed by atoms with Crippen LogP contribution in [0, 0.1) is 5.82 Å². The van der Waals surface area contributed by atoms with Gasteiger partial charge in [-0.1, -0.05) is 30.3 Å². The molecule has 0 aliphatic rings. The lowest BCUT2D eigenvalue weighted by molar-refractivity contribution is -0.138. The molecule has 0 fully saturated rings. The van der Waals surface area contributed by atoms with Crippen LogP contribution in [0.25, 0.3) is 0 Å². The van der Waals surface area contributed by atoms with Crippen molar-refractivity contribution in [3.63, 3.8) is 0 Å². The number of hydrogen-bond donors (Lipinski definition) is 2. The van der Waals surface area contributed by atoms with E-state index in [-0.39, 0.29) is 24.9 Å². The first-order valence-corrected chi connectivity index (χ1v) is 12.1. The van der Waals surface area contributed by atoms with Crippen LogP contribution in [0.4, 0.5) is 17.6 Å². The number of sulfonamides is 1. The molecular formula is C20H22F4N2O3S2. The lowest BCUT2D eigenvalue weighted by Gasteiger charge is -2.19. The number of thioether (sulfide) groups is 1. The van der Waals surface area contributed by atoms with Gasteiger partial charge in [0.05, 0.1) is 5.56 Å². The fourth-order valence-electron chi connectivity index (χ4n) is 2.85. The van der Waals surface area contributed by atoms with Gasteiger partial charge in [0.1, 0.15) is 16.8 Å². The molecule has 1 unspecified atom stereocenters. The standard InChI is InChI=1S/C20H22F4N2O3S2/c1-30-13-11-17(26-31(28,29)18-9-5-4-8-16(18)21)19(27)25-12-10-14-6-2-3-7-15(14)20(22,23)24/h2-9,17,26H,10-13H2,1H3,(H,25,27). The van der Waals surface area contributed by atoms with Crippen molar-refractivity contribution >= 4 is 27.7 Å². The van der Waals surface area contributed by atoms with E-state index in [0.717, 1.165) is 18.2 Å². The van der Waals surface area contributed by atoms with Gasteiger partial charge in [-0.15, -0.1) is 0 Å². The molecule has 0 heterocycles. The maximum atomic E-state index is 13.9. The van der Waals surface area contributed by atoms with E-state index in [2.05, 4.69) is 10.0 Å². The lowest BCUT2D eigenvalue weighted by atomic mass is 10.0. The van der Waals surface area contributed by atoms with Gasteiger partial charge in [0.2, 0.25) is 15.9 Å². The summed E-state index contributed by atoms with van der Waals surface area (Å²) in [7, 11) is -4.31. The minimum Gasteiger partial charge on any atom is -0.354 e. The van der Waals surface area contributed by atoms with Crippen LogP contribution in [0.1, 0.15) is 17.5 Å². The molecule has 0 bridgehead atoms. The van der Waals surface area contributed by atoms with E-state index >= 15 is 0 Å². The number of alkyl halides is 3. The first-order valence-electron chi connectivity index (χ1n) is 9.25. The maximum absolute atomic E-state index is 13.9. The fraction of sp³-hybridized carbons (Fsp3) is 0.350. The molecule has 0 saturated carbocycles. The zero-order chi connectivity index (χ0) is 23.1. The quantitative estimate of drug-likeness (QED) is 0.512. The van der Waals surface area contributed by atoms with Crippen LogP contribution in [0.15, 0.2) is 53.4 Å². The minimum atomic E-state index is -4.52. The van der Waals surface area contributed by atoms with Crippen molar-refractivity contribution in [2.75, 3.05) is 18.6 Å². The molecule has 2 N–H and O–H groups in total. The topological polar surface area (TPSA) is 75.3 Å². The highest BCUT2D eigenvalue weighted by Gasteiger charge is 2.33. The van der Waals surface area contributed by atoms with E-state index < -0.39 is 44.4 Å². The molecule has 2 rings (SSSR count). The van der Waals surface area contributed by atoms with E-state index in [1.807, 2.05) is 0 Å². The number of carbonyl (C=O) groups excluding carboxylic acids is 1. The zero-order valence-electron chi connectivity index (χ0n) is 16.6. The largest absolute Gasteiger partial charge is 0.416 e. The lowest BCUT2D eigenvalue weighted by Crippen LogP contribution is -2.47. The molecule has 0 radical (unpaired) electrons. The highest BCUT2D eigenvalue weighted by molar-refractivity contribution is 7.98. The summed E-state index contributed by atoms with van der Waals surface area (Å²) in [6, 6.07) is 8.59. The molecule has 170 valence electrons. The predicted molar refractivity (Wildman–Crippen MR) is 112 cm³/mol. The molecule has 1 atom stereocenters. The first kappa shape index (κ1) is 25.2. The average Bonchev–Trinajstić information content (AvgIpc) is 2.70. The second-order valence-corrected chi connectivity index (χ2v) is 9.25. The van der Waals surface area contributed by atoms with Crippen molar-refractivity contribution < 1.29 is 30.8 Å². The number of halogens is 4. The summed E-state index contributed by atoms with van der Waals surface area (Å²) < 4.78 is 80.4. The normalized spacial score (nSPS) is 13.1. The van der Waals surface area contributed by atoms with Crippen LogP contribution in [-0.2, 0) is 27.4 Å². The minimum absolute atomic E-state index is 0.0166. The molecule has 31 heavy (non-hydrogen) atoms. The highest BCUT2D eigenvalue weighted by Crippen LogP contribution is 2.31. The summed E-state index contributed by atoms with van der Waals surface area (Å²) in [5.74, 6) is -1.21. The van der Waals surface area contributed by atoms with Crippen LogP contribution >= 0.6 is 11.8 Å². The van der Waals surface area contributed by atoms with Crippen LogP contribution in [-0.4, -0.2) is 38.9 Å². The Balaban J connectivity index is 2.08. The van der Waals surface area contributed by atoms with Gasteiger partial charge in [-0.2, -0.15) is 29.7 Å². The van der Waals surface area contributed by atoms with E-state index in [0.29, 0.717) is 5.75 Å². The summed E-state index contributed by atoms with van der Waals surface area (Å²) in [6.45, 7) is -0.122. The number of nitrogens with one attached hydrogen (secondary N) is 2. The van der Waals surface area contributed by atoms with Gasteiger partial charge in [-0.05, 0) is 48.6 Å². The van der Waals surface area contributed by atoms with Gasteiger partial charge in [0.15, 0.2) is 0 Å². The van der Waals surface area contributed by atoms with Crippen LogP contribution in [0.2, 0.25) is 0 Å². The third-order valence-corrected chi connectivity index (χ3v) is 6.52. The second kappa shape index (κ2) is 11.0. The molecule has 0 aromatic heterocycles. The van der Waals surface area contributed by atoms with E-state index in [4.69, 9.17) is 0 Å². The summed E-state index contributed by atoms with van der Waals surface area (Å²) in [5.41, 5.74) is -0.772. The molecule has 2 aromatic rings. The Morgan fingerprint density at radius 2 is 1.74 bits per heavy atom. The van der Waals surface area contributed by atoms with Crippen molar-refractivity contribution in [2.24, 2.45) is 0 Å². The first-order chi connectivity index (χ1) is 14.6. The molecule has 0 aliphatic carbocycles. The average molecular weight is 479 g/mol. The SMILES string of the molecule is CSCCC(NS(=O)(=O)c1ccccc1F)C(=O)NCCc1ccccc1C(F)(F)F. The molecule has 5 nitrogen and oxygen atoms in total. The van der Waals surface area contributed by atoms with E-state index in [9.17, 15) is 30.8 Å². The van der Waals surface area contributed by atoms with Crippen LogP contribution < -0.4 is 10.0 Å². The van der Waals surface area contributed by atoms with Crippen molar-refractivity contribution in [1.29, 1.82) is 0 Å². The monoisotopic (exact) mass is 478 g/mol. The van der Waals surface area contributed by atoms with Crippen molar-refractivity contribution in [3.8, 4) is 0 Å². The van der Waals surface area contributed by atoms with Gasteiger partial charge >= 0.3 is 6.18 Å². The Morgan fingerprint density at radius 3 is 2.39 bits per heavy atom. The molecular weight excluding hydrogens is 456 g/mol. The van der Waals surface area contributed by atoms with Gasteiger partial charge in [0.25, 0.3) is 0 Å². The van der Waals surface area contributed by atoms with E-state index in [1.165, 1.54) is 42.1 Å². The van der Waals surface area contributed by atoms with Gasteiger partial charge < -0.3 is 5.32 Å². The Labute approximate surface area is 182 Å². The third kappa shape index (κ3) is 7.22. The fourth-order valence-corrected chi connectivity index (χ4v) is 4.63. The summed E-state index contributed by atoms with van der Waals surface area (Å²) >= 11 is 1.38. The smallest absolute Gasteiger partial charge is 0.354 e. The Hall–Kier alpha value is -2.11. The molecule has 2 aromatic carbocycles. The molecule has 0 saturated heterocycles. The van der Waals surface area contributed by atoms with Crippen molar-refractivity contribution in [1.82, 2.24) is 10.0 Å². The Bertz CT molecular complexity index is 998. The Kier molecular flexibility index (Phi) is 8.90. The maximum Gasteiger partial charge on any atom is 0.416 e. The molecule has 11 heteroatoms. The van der Waals surface area contributed by atoms with Crippen molar-refractivity contribution in [3.05, 3.63) is 65.5 Å². The zero-order valence-corrected chi connectivity index (χ0v) is 18.2. The molecule has 1 amide bonds. The van der Waals surface area contributed by atoms with Crippen LogP contribution in [0.5, 0.6) is 0 Å². The van der Waals surface area contributed by atoms with Gasteiger partial charge in [0, 0.05) is 6.54 Å². The number of hydrogen-bond acceptors (Lipinski definition) is 4. The second-order valence-electron chi connectivity index (χ2n) is 6.58. The summed E-state index contributed by atoms with van der Waals surface area (Å²) in [4.78, 5) is 12.0.